The van der Waals surface area contributed by atoms with E-state index in [1.165, 1.54) is 17.7 Å². The molecule has 1 atom stereocenters. The van der Waals surface area contributed by atoms with Gasteiger partial charge in [-0.2, -0.15) is 5.10 Å². The molecule has 1 unspecified atom stereocenters. The fourth-order valence-corrected chi connectivity index (χ4v) is 2.83. The third kappa shape index (κ3) is 3.32. The second kappa shape index (κ2) is 6.75. The van der Waals surface area contributed by atoms with Crippen LogP contribution in [0.15, 0.2) is 41.2 Å². The van der Waals surface area contributed by atoms with Gasteiger partial charge in [0.05, 0.1) is 6.04 Å². The van der Waals surface area contributed by atoms with E-state index in [0.717, 1.165) is 18.5 Å². The Kier molecular flexibility index (Phi) is 4.52. The first-order valence-corrected chi connectivity index (χ1v) is 7.85. The minimum atomic E-state index is -0.312. The zero-order chi connectivity index (χ0) is 16.2. The lowest BCUT2D eigenvalue weighted by Crippen LogP contribution is -2.49. The number of nitrogens with one attached hydrogen (secondary N) is 2. The molecule has 1 fully saturated rings. The number of nitrogens with zero attached hydrogens (tertiary/aromatic N) is 2. The van der Waals surface area contributed by atoms with Gasteiger partial charge in [0.2, 0.25) is 0 Å². The van der Waals surface area contributed by atoms with Gasteiger partial charge >= 0.3 is 0 Å². The summed E-state index contributed by atoms with van der Waals surface area (Å²) in [6.07, 6.45) is 0.993. The highest BCUT2D eigenvalue weighted by atomic mass is 16.2. The maximum atomic E-state index is 12.7. The Morgan fingerprint density at radius 1 is 1.26 bits per heavy atom. The molecule has 6 heteroatoms. The largest absolute Gasteiger partial charge is 0.328 e. The van der Waals surface area contributed by atoms with Crippen LogP contribution in [0.5, 0.6) is 0 Å². The molecule has 1 saturated heterocycles. The van der Waals surface area contributed by atoms with E-state index in [2.05, 4.69) is 46.7 Å². The van der Waals surface area contributed by atoms with E-state index in [9.17, 15) is 9.59 Å². The van der Waals surface area contributed by atoms with Gasteiger partial charge in [0, 0.05) is 25.7 Å². The summed E-state index contributed by atoms with van der Waals surface area (Å²) < 4.78 is 0. The SMILES string of the molecule is CCc1ccc(C2CNCCN2C(=O)c2ccc(=O)[nH]n2)cc1. The van der Waals surface area contributed by atoms with E-state index in [4.69, 9.17) is 0 Å². The molecule has 6 nitrogen and oxygen atoms in total. The van der Waals surface area contributed by atoms with Gasteiger partial charge in [-0.05, 0) is 23.6 Å². The van der Waals surface area contributed by atoms with Crippen molar-refractivity contribution in [2.75, 3.05) is 19.6 Å². The van der Waals surface area contributed by atoms with Gasteiger partial charge in [-0.3, -0.25) is 9.59 Å². The second-order valence-electron chi connectivity index (χ2n) is 5.62. The number of benzene rings is 1. The third-order valence-electron chi connectivity index (χ3n) is 4.18. The van der Waals surface area contributed by atoms with Crippen molar-refractivity contribution in [3.05, 3.63) is 63.6 Å². The minimum Gasteiger partial charge on any atom is -0.328 e. The van der Waals surface area contributed by atoms with Crippen molar-refractivity contribution in [2.45, 2.75) is 19.4 Å². The summed E-state index contributed by atoms with van der Waals surface area (Å²) in [5.41, 5.74) is 2.33. The van der Waals surface area contributed by atoms with Crippen molar-refractivity contribution in [3.8, 4) is 0 Å². The molecule has 1 amide bonds. The Morgan fingerprint density at radius 2 is 2.04 bits per heavy atom. The molecule has 1 aromatic carbocycles. The molecule has 0 saturated carbocycles. The zero-order valence-electron chi connectivity index (χ0n) is 13.1. The molecule has 0 bridgehead atoms. The zero-order valence-corrected chi connectivity index (χ0v) is 13.1. The molecule has 2 heterocycles. The van der Waals surface area contributed by atoms with Crippen LogP contribution in [-0.2, 0) is 6.42 Å². The van der Waals surface area contributed by atoms with Crippen molar-refractivity contribution < 1.29 is 4.79 Å². The number of H-pyrrole nitrogens is 1. The average Bonchev–Trinajstić information content (AvgIpc) is 2.62. The van der Waals surface area contributed by atoms with Crippen LogP contribution >= 0.6 is 0 Å². The van der Waals surface area contributed by atoms with Crippen molar-refractivity contribution in [2.24, 2.45) is 0 Å². The van der Waals surface area contributed by atoms with Crippen LogP contribution in [0.3, 0.4) is 0 Å². The summed E-state index contributed by atoms with van der Waals surface area (Å²) in [4.78, 5) is 25.7. The van der Waals surface area contributed by atoms with Crippen LogP contribution < -0.4 is 10.9 Å². The number of amides is 1. The van der Waals surface area contributed by atoms with Gasteiger partial charge in [-0.15, -0.1) is 0 Å². The third-order valence-corrected chi connectivity index (χ3v) is 4.18. The molecule has 0 spiro atoms. The van der Waals surface area contributed by atoms with Crippen LogP contribution in [0.2, 0.25) is 0 Å². The molecule has 1 aromatic heterocycles. The summed E-state index contributed by atoms with van der Waals surface area (Å²) >= 11 is 0. The highest BCUT2D eigenvalue weighted by molar-refractivity contribution is 5.92. The monoisotopic (exact) mass is 312 g/mol. The fourth-order valence-electron chi connectivity index (χ4n) is 2.83. The topological polar surface area (TPSA) is 78.1 Å². The summed E-state index contributed by atoms with van der Waals surface area (Å²) in [6, 6.07) is 11.1. The van der Waals surface area contributed by atoms with Crippen molar-refractivity contribution >= 4 is 5.91 Å². The molecule has 2 N–H and O–H groups in total. The fraction of sp³-hybridized carbons (Fsp3) is 0.353. The Morgan fingerprint density at radius 3 is 2.70 bits per heavy atom. The summed E-state index contributed by atoms with van der Waals surface area (Å²) in [6.45, 7) is 4.19. The number of rotatable bonds is 3. The maximum Gasteiger partial charge on any atom is 0.274 e. The normalized spacial score (nSPS) is 18.0. The quantitative estimate of drug-likeness (QED) is 0.890. The Bertz CT molecular complexity index is 719. The van der Waals surface area contributed by atoms with E-state index in [0.29, 0.717) is 13.1 Å². The Labute approximate surface area is 134 Å². The molecule has 1 aliphatic rings. The van der Waals surface area contributed by atoms with Crippen LogP contribution in [0.4, 0.5) is 0 Å². The maximum absolute atomic E-state index is 12.7. The van der Waals surface area contributed by atoms with Crippen molar-refractivity contribution in [1.82, 2.24) is 20.4 Å². The molecule has 3 rings (SSSR count). The first-order valence-electron chi connectivity index (χ1n) is 7.85. The van der Waals surface area contributed by atoms with E-state index in [1.54, 1.807) is 0 Å². The van der Waals surface area contributed by atoms with Gasteiger partial charge in [0.15, 0.2) is 0 Å². The molecular formula is C17H20N4O2. The van der Waals surface area contributed by atoms with Crippen LogP contribution in [0.25, 0.3) is 0 Å². The molecular weight excluding hydrogens is 292 g/mol. The molecule has 23 heavy (non-hydrogen) atoms. The number of aromatic amines is 1. The molecule has 120 valence electrons. The molecule has 0 aliphatic carbocycles. The van der Waals surface area contributed by atoms with Gasteiger partial charge in [0.1, 0.15) is 5.69 Å². The molecule has 2 aromatic rings. The Balaban J connectivity index is 1.86. The first kappa shape index (κ1) is 15.4. The van der Waals surface area contributed by atoms with Crippen molar-refractivity contribution in [3.63, 3.8) is 0 Å². The van der Waals surface area contributed by atoms with Gasteiger partial charge in [0.25, 0.3) is 11.5 Å². The van der Waals surface area contributed by atoms with Crippen LogP contribution in [-0.4, -0.2) is 40.6 Å². The lowest BCUT2D eigenvalue weighted by molar-refractivity contribution is 0.0627. The lowest BCUT2D eigenvalue weighted by atomic mass is 10.0. The summed E-state index contributed by atoms with van der Waals surface area (Å²) in [5.74, 6) is -0.160. The smallest absolute Gasteiger partial charge is 0.274 e. The first-order chi connectivity index (χ1) is 11.2. The number of carbonyl (C=O) groups excluding carboxylic acids is 1. The Hall–Kier alpha value is -2.47. The predicted octanol–water partition coefficient (Wildman–Crippen LogP) is 1.12. The summed E-state index contributed by atoms with van der Waals surface area (Å²) in [7, 11) is 0. The van der Waals surface area contributed by atoms with E-state index in [1.807, 2.05) is 4.90 Å². The van der Waals surface area contributed by atoms with Crippen molar-refractivity contribution in [1.29, 1.82) is 0 Å². The number of hydrogen-bond donors (Lipinski definition) is 2. The number of piperazine rings is 1. The van der Waals surface area contributed by atoms with E-state index < -0.39 is 0 Å². The molecule has 0 radical (unpaired) electrons. The second-order valence-corrected chi connectivity index (χ2v) is 5.62. The van der Waals surface area contributed by atoms with Gasteiger partial charge < -0.3 is 10.2 Å². The number of aromatic nitrogens is 2. The average molecular weight is 312 g/mol. The highest BCUT2D eigenvalue weighted by Gasteiger charge is 2.29. The predicted molar refractivity (Wildman–Crippen MR) is 87.3 cm³/mol. The molecule has 1 aliphatic heterocycles. The highest BCUT2D eigenvalue weighted by Crippen LogP contribution is 2.24. The van der Waals surface area contributed by atoms with Gasteiger partial charge in [-0.1, -0.05) is 31.2 Å². The standard InChI is InChI=1S/C17H20N4O2/c1-2-12-3-5-13(6-4-12)15-11-18-9-10-21(15)17(23)14-7-8-16(22)20-19-14/h3-8,15,18H,2,9-11H2,1H3,(H,20,22). The lowest BCUT2D eigenvalue weighted by Gasteiger charge is -2.36. The van der Waals surface area contributed by atoms with E-state index >= 15 is 0 Å². The van der Waals surface area contributed by atoms with Crippen LogP contribution in [0.1, 0.15) is 34.6 Å². The summed E-state index contributed by atoms with van der Waals surface area (Å²) in [5, 5.41) is 9.52. The number of carbonyl (C=O) groups is 1. The van der Waals surface area contributed by atoms with Gasteiger partial charge in [-0.25, -0.2) is 5.10 Å². The minimum absolute atomic E-state index is 0.0316. The number of aryl methyl sites for hydroxylation is 1. The van der Waals surface area contributed by atoms with Crippen LogP contribution in [0, 0.1) is 0 Å². The van der Waals surface area contributed by atoms with E-state index in [-0.39, 0.29) is 23.2 Å². The number of hydrogen-bond acceptors (Lipinski definition) is 4.